The van der Waals surface area contributed by atoms with Crippen molar-refractivity contribution in [1.29, 1.82) is 0 Å². The summed E-state index contributed by atoms with van der Waals surface area (Å²) in [6.45, 7) is 2.20. The van der Waals surface area contributed by atoms with Crippen molar-refractivity contribution >= 4 is 17.3 Å². The quantitative estimate of drug-likeness (QED) is 0.911. The largest absolute Gasteiger partial charge is 0.392 e. The number of aliphatic hydroxyl groups is 1. The molecular formula is C16H18ClNO. The van der Waals surface area contributed by atoms with Crippen LogP contribution in [0.3, 0.4) is 0 Å². The van der Waals surface area contributed by atoms with Crippen LogP contribution in [0.4, 0.5) is 5.69 Å². The summed E-state index contributed by atoms with van der Waals surface area (Å²) in [6, 6.07) is 16.0. The summed E-state index contributed by atoms with van der Waals surface area (Å²) < 4.78 is 0. The number of aliphatic hydroxyl groups excluding tert-OH is 1. The predicted molar refractivity (Wildman–Crippen MR) is 80.6 cm³/mol. The SMILES string of the molecule is CC(c1ccccc1Cl)N(C)c1ccc(CO)cc1. The molecule has 0 spiro atoms. The second-order valence-corrected chi connectivity index (χ2v) is 5.04. The zero-order valence-electron chi connectivity index (χ0n) is 11.2. The Balaban J connectivity index is 2.23. The first-order valence-electron chi connectivity index (χ1n) is 6.30. The minimum atomic E-state index is 0.0735. The monoisotopic (exact) mass is 275 g/mol. The predicted octanol–water partition coefficient (Wildman–Crippen LogP) is 4.03. The lowest BCUT2D eigenvalue weighted by Crippen LogP contribution is -2.21. The molecule has 1 unspecified atom stereocenters. The zero-order valence-corrected chi connectivity index (χ0v) is 11.9. The van der Waals surface area contributed by atoms with Gasteiger partial charge in [0.15, 0.2) is 0 Å². The lowest BCUT2D eigenvalue weighted by molar-refractivity contribution is 0.282. The van der Waals surface area contributed by atoms with Crippen molar-refractivity contribution in [2.45, 2.75) is 19.6 Å². The molecule has 0 saturated heterocycles. The molecule has 100 valence electrons. The van der Waals surface area contributed by atoms with E-state index in [0.717, 1.165) is 21.8 Å². The molecule has 2 aromatic rings. The lowest BCUT2D eigenvalue weighted by atomic mass is 10.1. The molecule has 1 atom stereocenters. The van der Waals surface area contributed by atoms with Crippen LogP contribution in [0, 0.1) is 0 Å². The van der Waals surface area contributed by atoms with Gasteiger partial charge < -0.3 is 10.0 Å². The van der Waals surface area contributed by atoms with Crippen molar-refractivity contribution in [2.75, 3.05) is 11.9 Å². The Bertz CT molecular complexity index is 539. The standard InChI is InChI=1S/C16H18ClNO/c1-12(15-5-3-4-6-16(15)17)18(2)14-9-7-13(11-19)8-10-14/h3-10,12,19H,11H2,1-2H3. The van der Waals surface area contributed by atoms with Gasteiger partial charge in [0, 0.05) is 17.8 Å². The van der Waals surface area contributed by atoms with Crippen LogP contribution in [0.25, 0.3) is 0 Å². The highest BCUT2D eigenvalue weighted by Gasteiger charge is 2.14. The van der Waals surface area contributed by atoms with Crippen molar-refractivity contribution in [3.63, 3.8) is 0 Å². The number of halogens is 1. The van der Waals surface area contributed by atoms with Crippen LogP contribution < -0.4 is 4.90 Å². The van der Waals surface area contributed by atoms with Gasteiger partial charge in [-0.25, -0.2) is 0 Å². The number of hydrogen-bond acceptors (Lipinski definition) is 2. The average Bonchev–Trinajstić information content (AvgIpc) is 2.46. The highest BCUT2D eigenvalue weighted by Crippen LogP contribution is 2.29. The van der Waals surface area contributed by atoms with Gasteiger partial charge in [0.05, 0.1) is 12.6 Å². The van der Waals surface area contributed by atoms with E-state index in [4.69, 9.17) is 16.7 Å². The maximum Gasteiger partial charge on any atom is 0.0681 e. The normalized spacial score (nSPS) is 12.2. The molecule has 19 heavy (non-hydrogen) atoms. The number of anilines is 1. The van der Waals surface area contributed by atoms with E-state index in [-0.39, 0.29) is 12.6 Å². The molecule has 0 aromatic heterocycles. The Labute approximate surface area is 119 Å². The van der Waals surface area contributed by atoms with E-state index in [1.165, 1.54) is 0 Å². The third-order valence-corrected chi connectivity index (χ3v) is 3.81. The van der Waals surface area contributed by atoms with Gasteiger partial charge in [0.2, 0.25) is 0 Å². The van der Waals surface area contributed by atoms with Gasteiger partial charge in [-0.05, 0) is 36.2 Å². The van der Waals surface area contributed by atoms with Crippen LogP contribution in [0.2, 0.25) is 5.02 Å². The van der Waals surface area contributed by atoms with E-state index in [0.29, 0.717) is 0 Å². The Morgan fingerprint density at radius 2 is 1.74 bits per heavy atom. The number of benzene rings is 2. The smallest absolute Gasteiger partial charge is 0.0681 e. The first-order chi connectivity index (χ1) is 9.13. The van der Waals surface area contributed by atoms with Crippen LogP contribution in [-0.4, -0.2) is 12.2 Å². The fourth-order valence-corrected chi connectivity index (χ4v) is 2.38. The third-order valence-electron chi connectivity index (χ3n) is 3.46. The molecular weight excluding hydrogens is 258 g/mol. The summed E-state index contributed by atoms with van der Waals surface area (Å²) in [5.41, 5.74) is 3.13. The minimum absolute atomic E-state index is 0.0735. The van der Waals surface area contributed by atoms with E-state index >= 15 is 0 Å². The van der Waals surface area contributed by atoms with E-state index in [1.54, 1.807) is 0 Å². The number of rotatable bonds is 4. The number of nitrogens with zero attached hydrogens (tertiary/aromatic N) is 1. The van der Waals surface area contributed by atoms with Gasteiger partial charge >= 0.3 is 0 Å². The van der Waals surface area contributed by atoms with Crippen molar-refractivity contribution in [1.82, 2.24) is 0 Å². The summed E-state index contributed by atoms with van der Waals surface area (Å²) in [5.74, 6) is 0. The fraction of sp³-hybridized carbons (Fsp3) is 0.250. The summed E-state index contributed by atoms with van der Waals surface area (Å²) in [7, 11) is 2.04. The van der Waals surface area contributed by atoms with Crippen molar-refractivity contribution in [3.05, 3.63) is 64.7 Å². The van der Waals surface area contributed by atoms with Crippen molar-refractivity contribution in [2.24, 2.45) is 0 Å². The topological polar surface area (TPSA) is 23.5 Å². The van der Waals surface area contributed by atoms with E-state index in [1.807, 2.05) is 55.6 Å². The molecule has 3 heteroatoms. The van der Waals surface area contributed by atoms with Gasteiger partial charge in [0.25, 0.3) is 0 Å². The summed E-state index contributed by atoms with van der Waals surface area (Å²) >= 11 is 6.24. The molecule has 0 heterocycles. The van der Waals surface area contributed by atoms with Gasteiger partial charge in [0.1, 0.15) is 0 Å². The molecule has 2 rings (SSSR count). The highest BCUT2D eigenvalue weighted by molar-refractivity contribution is 6.31. The van der Waals surface area contributed by atoms with E-state index in [9.17, 15) is 0 Å². The Hall–Kier alpha value is -1.51. The van der Waals surface area contributed by atoms with Crippen LogP contribution in [-0.2, 0) is 6.61 Å². The molecule has 2 nitrogen and oxygen atoms in total. The maximum atomic E-state index is 9.06. The molecule has 0 radical (unpaired) electrons. The Morgan fingerprint density at radius 3 is 2.32 bits per heavy atom. The minimum Gasteiger partial charge on any atom is -0.392 e. The van der Waals surface area contributed by atoms with Gasteiger partial charge in [-0.1, -0.05) is 41.9 Å². The zero-order chi connectivity index (χ0) is 13.8. The van der Waals surface area contributed by atoms with Crippen LogP contribution in [0.1, 0.15) is 24.1 Å². The second-order valence-electron chi connectivity index (χ2n) is 4.63. The molecule has 0 aliphatic rings. The van der Waals surface area contributed by atoms with Crippen molar-refractivity contribution in [3.8, 4) is 0 Å². The van der Waals surface area contributed by atoms with Crippen LogP contribution in [0.5, 0.6) is 0 Å². The average molecular weight is 276 g/mol. The number of hydrogen-bond donors (Lipinski definition) is 1. The molecule has 0 bridgehead atoms. The van der Waals surface area contributed by atoms with Gasteiger partial charge in [-0.2, -0.15) is 0 Å². The summed E-state index contributed by atoms with van der Waals surface area (Å²) in [6.07, 6.45) is 0. The first-order valence-corrected chi connectivity index (χ1v) is 6.68. The van der Waals surface area contributed by atoms with E-state index in [2.05, 4.69) is 11.8 Å². The lowest BCUT2D eigenvalue weighted by Gasteiger charge is -2.28. The second kappa shape index (κ2) is 6.09. The molecule has 0 aliphatic carbocycles. The molecule has 0 fully saturated rings. The summed E-state index contributed by atoms with van der Waals surface area (Å²) in [5, 5.41) is 9.85. The van der Waals surface area contributed by atoms with Crippen molar-refractivity contribution < 1.29 is 5.11 Å². The molecule has 2 aromatic carbocycles. The summed E-state index contributed by atoms with van der Waals surface area (Å²) in [4.78, 5) is 2.17. The first kappa shape index (κ1) is 13.9. The van der Waals surface area contributed by atoms with Gasteiger partial charge in [-0.3, -0.25) is 0 Å². The maximum absolute atomic E-state index is 9.06. The van der Waals surface area contributed by atoms with E-state index < -0.39 is 0 Å². The fourth-order valence-electron chi connectivity index (χ4n) is 2.08. The van der Waals surface area contributed by atoms with Crippen LogP contribution in [0.15, 0.2) is 48.5 Å². The molecule has 1 N–H and O–H groups in total. The third kappa shape index (κ3) is 3.09. The van der Waals surface area contributed by atoms with Crippen LogP contribution >= 0.6 is 11.6 Å². The molecule has 0 amide bonds. The Kier molecular flexibility index (Phi) is 4.46. The van der Waals surface area contributed by atoms with Gasteiger partial charge in [-0.15, -0.1) is 0 Å². The Morgan fingerprint density at radius 1 is 1.11 bits per heavy atom. The molecule has 0 saturated carbocycles. The molecule has 0 aliphatic heterocycles. The highest BCUT2D eigenvalue weighted by atomic mass is 35.5.